The molecular formula is C15H13NOS. The molecule has 18 heavy (non-hydrogen) atoms. The van der Waals surface area contributed by atoms with Gasteiger partial charge in [-0.1, -0.05) is 6.07 Å². The molecule has 0 saturated heterocycles. The number of aromatic nitrogens is 1. The van der Waals surface area contributed by atoms with E-state index in [0.717, 1.165) is 11.1 Å². The van der Waals surface area contributed by atoms with Gasteiger partial charge < -0.3 is 4.74 Å². The molecule has 0 atom stereocenters. The number of fused-ring (bicyclic) bond motifs is 1. The van der Waals surface area contributed by atoms with Crippen molar-refractivity contribution in [3.8, 4) is 11.6 Å². The zero-order valence-electron chi connectivity index (χ0n) is 10.3. The number of hydrogen-bond acceptors (Lipinski definition) is 3. The molecule has 1 aromatic carbocycles. The highest BCUT2D eigenvalue weighted by atomic mass is 32.1. The SMILES string of the molecule is Cc1cc(C)cc(Oc2cc3sccc3cn2)c1. The number of aryl methyl sites for hydroxylation is 2. The smallest absolute Gasteiger partial charge is 0.220 e. The van der Waals surface area contributed by atoms with Crippen LogP contribution in [0, 0.1) is 13.8 Å². The minimum atomic E-state index is 0.648. The van der Waals surface area contributed by atoms with Crippen molar-refractivity contribution in [2.45, 2.75) is 13.8 Å². The van der Waals surface area contributed by atoms with E-state index in [-0.39, 0.29) is 0 Å². The highest BCUT2D eigenvalue weighted by Crippen LogP contribution is 2.27. The molecule has 3 aromatic rings. The van der Waals surface area contributed by atoms with Gasteiger partial charge in [-0.2, -0.15) is 0 Å². The quantitative estimate of drug-likeness (QED) is 0.662. The Morgan fingerprint density at radius 3 is 2.61 bits per heavy atom. The van der Waals surface area contributed by atoms with Gasteiger partial charge in [0.25, 0.3) is 0 Å². The molecule has 3 rings (SSSR count). The minimum Gasteiger partial charge on any atom is -0.439 e. The maximum atomic E-state index is 5.81. The van der Waals surface area contributed by atoms with Gasteiger partial charge in [-0.05, 0) is 48.6 Å². The summed E-state index contributed by atoms with van der Waals surface area (Å²) in [6.07, 6.45) is 1.85. The standard InChI is InChI=1S/C15H13NOS/c1-10-5-11(2)7-13(6-10)17-15-8-14-12(9-16-15)3-4-18-14/h3-9H,1-2H3. The Bertz CT molecular complexity index is 682. The first-order valence-electron chi connectivity index (χ1n) is 5.80. The van der Waals surface area contributed by atoms with Gasteiger partial charge in [0.15, 0.2) is 0 Å². The van der Waals surface area contributed by atoms with Crippen LogP contribution in [0.2, 0.25) is 0 Å². The molecule has 3 heteroatoms. The van der Waals surface area contributed by atoms with Crippen LogP contribution in [0.3, 0.4) is 0 Å². The average molecular weight is 255 g/mol. The molecule has 0 N–H and O–H groups in total. The van der Waals surface area contributed by atoms with Crippen LogP contribution in [0.1, 0.15) is 11.1 Å². The zero-order chi connectivity index (χ0) is 12.5. The molecule has 0 unspecified atom stereocenters. The van der Waals surface area contributed by atoms with Gasteiger partial charge in [-0.15, -0.1) is 11.3 Å². The minimum absolute atomic E-state index is 0.648. The molecule has 0 aliphatic heterocycles. The van der Waals surface area contributed by atoms with Crippen molar-refractivity contribution in [3.63, 3.8) is 0 Å². The van der Waals surface area contributed by atoms with Crippen LogP contribution < -0.4 is 4.74 Å². The van der Waals surface area contributed by atoms with Crippen molar-refractivity contribution in [1.82, 2.24) is 4.98 Å². The fourth-order valence-corrected chi connectivity index (χ4v) is 2.79. The first-order valence-corrected chi connectivity index (χ1v) is 6.68. The Balaban J connectivity index is 1.95. The molecule has 0 amide bonds. The second-order valence-electron chi connectivity index (χ2n) is 4.41. The zero-order valence-corrected chi connectivity index (χ0v) is 11.1. The molecule has 0 fully saturated rings. The number of hydrogen-bond donors (Lipinski definition) is 0. The normalized spacial score (nSPS) is 10.8. The van der Waals surface area contributed by atoms with Gasteiger partial charge in [0, 0.05) is 22.3 Å². The third-order valence-corrected chi connectivity index (χ3v) is 3.61. The largest absolute Gasteiger partial charge is 0.439 e. The molecule has 0 aliphatic carbocycles. The van der Waals surface area contributed by atoms with Gasteiger partial charge in [-0.3, -0.25) is 0 Å². The number of thiophene rings is 1. The number of benzene rings is 1. The summed E-state index contributed by atoms with van der Waals surface area (Å²) in [4.78, 5) is 4.32. The van der Waals surface area contributed by atoms with Crippen LogP contribution in [-0.2, 0) is 0 Å². The van der Waals surface area contributed by atoms with Gasteiger partial charge >= 0.3 is 0 Å². The predicted octanol–water partition coefficient (Wildman–Crippen LogP) is 4.71. The van der Waals surface area contributed by atoms with Crippen molar-refractivity contribution >= 4 is 21.4 Å². The van der Waals surface area contributed by atoms with E-state index in [9.17, 15) is 0 Å². The fraction of sp³-hybridized carbons (Fsp3) is 0.133. The van der Waals surface area contributed by atoms with Crippen molar-refractivity contribution in [2.75, 3.05) is 0 Å². The van der Waals surface area contributed by atoms with Crippen LogP contribution in [0.25, 0.3) is 10.1 Å². The Morgan fingerprint density at radius 1 is 1.06 bits per heavy atom. The summed E-state index contributed by atoms with van der Waals surface area (Å²) in [6, 6.07) is 10.2. The van der Waals surface area contributed by atoms with Crippen LogP contribution in [0.15, 0.2) is 41.9 Å². The van der Waals surface area contributed by atoms with E-state index in [1.54, 1.807) is 11.3 Å². The lowest BCUT2D eigenvalue weighted by atomic mass is 10.1. The topological polar surface area (TPSA) is 22.1 Å². The fourth-order valence-electron chi connectivity index (χ4n) is 2.01. The summed E-state index contributed by atoms with van der Waals surface area (Å²) < 4.78 is 7.01. The van der Waals surface area contributed by atoms with Crippen molar-refractivity contribution in [3.05, 3.63) is 53.0 Å². The van der Waals surface area contributed by atoms with Crippen LogP contribution in [0.4, 0.5) is 0 Å². The highest BCUT2D eigenvalue weighted by Gasteiger charge is 2.03. The number of pyridine rings is 1. The lowest BCUT2D eigenvalue weighted by molar-refractivity contribution is 0.463. The summed E-state index contributed by atoms with van der Waals surface area (Å²) in [6.45, 7) is 4.13. The summed E-state index contributed by atoms with van der Waals surface area (Å²) in [7, 11) is 0. The second kappa shape index (κ2) is 4.42. The van der Waals surface area contributed by atoms with Gasteiger partial charge in [0.05, 0.1) is 0 Å². The van der Waals surface area contributed by atoms with Crippen molar-refractivity contribution in [2.24, 2.45) is 0 Å². The van der Waals surface area contributed by atoms with Gasteiger partial charge in [0.1, 0.15) is 5.75 Å². The monoisotopic (exact) mass is 255 g/mol. The lowest BCUT2D eigenvalue weighted by Gasteiger charge is -2.06. The van der Waals surface area contributed by atoms with Crippen molar-refractivity contribution < 1.29 is 4.74 Å². The van der Waals surface area contributed by atoms with E-state index in [1.165, 1.54) is 15.8 Å². The van der Waals surface area contributed by atoms with E-state index in [2.05, 4.69) is 36.3 Å². The lowest BCUT2D eigenvalue weighted by Crippen LogP contribution is -1.88. The molecule has 2 nitrogen and oxygen atoms in total. The first-order chi connectivity index (χ1) is 8.70. The average Bonchev–Trinajstić information content (AvgIpc) is 2.74. The second-order valence-corrected chi connectivity index (χ2v) is 5.35. The van der Waals surface area contributed by atoms with Crippen LogP contribution in [0.5, 0.6) is 11.6 Å². The van der Waals surface area contributed by atoms with Crippen LogP contribution in [-0.4, -0.2) is 4.98 Å². The Labute approximate surface area is 110 Å². The number of rotatable bonds is 2. The van der Waals surface area contributed by atoms with E-state index in [4.69, 9.17) is 4.74 Å². The van der Waals surface area contributed by atoms with Gasteiger partial charge in [-0.25, -0.2) is 4.98 Å². The third kappa shape index (κ3) is 2.22. The Kier molecular flexibility index (Phi) is 2.76. The van der Waals surface area contributed by atoms with Crippen LogP contribution >= 0.6 is 11.3 Å². The summed E-state index contributed by atoms with van der Waals surface area (Å²) in [5.41, 5.74) is 2.39. The molecule has 0 aliphatic rings. The predicted molar refractivity (Wildman–Crippen MR) is 75.6 cm³/mol. The maximum absolute atomic E-state index is 5.81. The first kappa shape index (κ1) is 11.2. The molecule has 0 bridgehead atoms. The molecule has 0 spiro atoms. The summed E-state index contributed by atoms with van der Waals surface area (Å²) >= 11 is 1.70. The van der Waals surface area contributed by atoms with Crippen molar-refractivity contribution in [1.29, 1.82) is 0 Å². The number of nitrogens with zero attached hydrogens (tertiary/aromatic N) is 1. The van der Waals surface area contributed by atoms with E-state index < -0.39 is 0 Å². The third-order valence-electron chi connectivity index (χ3n) is 2.73. The molecule has 0 radical (unpaired) electrons. The molecule has 0 saturated carbocycles. The molecule has 2 heterocycles. The van der Waals surface area contributed by atoms with Gasteiger partial charge in [0.2, 0.25) is 5.88 Å². The Hall–Kier alpha value is -1.87. The highest BCUT2D eigenvalue weighted by molar-refractivity contribution is 7.17. The Morgan fingerprint density at radius 2 is 1.83 bits per heavy atom. The van der Waals surface area contributed by atoms with E-state index in [1.807, 2.05) is 24.4 Å². The summed E-state index contributed by atoms with van der Waals surface area (Å²) in [5.74, 6) is 1.49. The summed E-state index contributed by atoms with van der Waals surface area (Å²) in [5, 5.41) is 3.22. The maximum Gasteiger partial charge on any atom is 0.220 e. The van der Waals surface area contributed by atoms with E-state index >= 15 is 0 Å². The molecule has 90 valence electrons. The molecule has 2 aromatic heterocycles. The number of ether oxygens (including phenoxy) is 1. The van der Waals surface area contributed by atoms with E-state index in [0.29, 0.717) is 5.88 Å². The molecular weight excluding hydrogens is 242 g/mol.